The number of fused-ring (bicyclic) bond motifs is 1. The molecule has 5 heteroatoms. The van der Waals surface area contributed by atoms with Crippen molar-refractivity contribution in [2.75, 3.05) is 0 Å². The van der Waals surface area contributed by atoms with Gasteiger partial charge in [0.25, 0.3) is 0 Å². The summed E-state index contributed by atoms with van der Waals surface area (Å²) in [6.45, 7) is 0. The van der Waals surface area contributed by atoms with Crippen LogP contribution in [0.3, 0.4) is 0 Å². The third-order valence-electron chi connectivity index (χ3n) is 3.26. The Hall–Kier alpha value is -2.69. The average molecular weight is 267 g/mol. The van der Waals surface area contributed by atoms with E-state index in [1.165, 1.54) is 0 Å². The van der Waals surface area contributed by atoms with Gasteiger partial charge in [-0.3, -0.25) is 0 Å². The lowest BCUT2D eigenvalue weighted by molar-refractivity contribution is 0.0697. The minimum atomic E-state index is -0.918. The Morgan fingerprint density at radius 3 is 2.90 bits per heavy atom. The van der Waals surface area contributed by atoms with E-state index in [0.29, 0.717) is 12.0 Å². The summed E-state index contributed by atoms with van der Waals surface area (Å²) in [5, 5.41) is 9.01. The third-order valence-corrected chi connectivity index (χ3v) is 3.26. The molecular weight excluding hydrogens is 254 g/mol. The van der Waals surface area contributed by atoms with Gasteiger partial charge in [-0.25, -0.2) is 14.8 Å². The van der Waals surface area contributed by atoms with E-state index in [1.807, 2.05) is 29.8 Å². The molecule has 0 bridgehead atoms. The molecule has 0 aliphatic carbocycles. The molecule has 1 N–H and O–H groups in total. The second-order valence-corrected chi connectivity index (χ2v) is 4.62. The number of benzene rings is 1. The largest absolute Gasteiger partial charge is 0.478 e. The zero-order valence-corrected chi connectivity index (χ0v) is 10.9. The lowest BCUT2D eigenvalue weighted by atomic mass is 10.1. The molecule has 3 rings (SSSR count). The van der Waals surface area contributed by atoms with Crippen molar-refractivity contribution in [3.05, 3.63) is 59.5 Å². The first kappa shape index (κ1) is 12.3. The predicted octanol–water partition coefficient (Wildman–Crippen LogP) is 2.26. The van der Waals surface area contributed by atoms with Crippen molar-refractivity contribution in [1.82, 2.24) is 14.5 Å². The normalized spacial score (nSPS) is 10.8. The van der Waals surface area contributed by atoms with E-state index in [0.717, 1.165) is 22.6 Å². The summed E-state index contributed by atoms with van der Waals surface area (Å²) >= 11 is 0. The molecule has 0 spiro atoms. The summed E-state index contributed by atoms with van der Waals surface area (Å²) in [6, 6.07) is 10.7. The first-order valence-corrected chi connectivity index (χ1v) is 6.23. The number of pyridine rings is 1. The Kier molecular flexibility index (Phi) is 2.95. The van der Waals surface area contributed by atoms with Crippen LogP contribution < -0.4 is 0 Å². The molecule has 2 heterocycles. The maximum atomic E-state index is 11.0. The van der Waals surface area contributed by atoms with E-state index in [2.05, 4.69) is 9.97 Å². The Morgan fingerprint density at radius 1 is 1.30 bits per heavy atom. The van der Waals surface area contributed by atoms with Gasteiger partial charge in [0.15, 0.2) is 5.65 Å². The summed E-state index contributed by atoms with van der Waals surface area (Å²) in [5.41, 5.74) is 2.89. The number of aromatic nitrogens is 3. The molecule has 0 aliphatic rings. The second kappa shape index (κ2) is 4.77. The maximum Gasteiger partial charge on any atom is 0.335 e. The summed E-state index contributed by atoms with van der Waals surface area (Å²) in [4.78, 5) is 19.8. The summed E-state index contributed by atoms with van der Waals surface area (Å²) in [5.74, 6) is -0.0558. The highest BCUT2D eigenvalue weighted by atomic mass is 16.4. The fourth-order valence-electron chi connectivity index (χ4n) is 2.23. The van der Waals surface area contributed by atoms with Crippen LogP contribution in [0.25, 0.3) is 11.2 Å². The molecule has 2 aromatic heterocycles. The zero-order valence-electron chi connectivity index (χ0n) is 10.9. The highest BCUT2D eigenvalue weighted by molar-refractivity contribution is 5.87. The fraction of sp³-hybridized carbons (Fsp3) is 0.133. The van der Waals surface area contributed by atoms with Crippen LogP contribution in [-0.2, 0) is 13.5 Å². The van der Waals surface area contributed by atoms with Crippen LogP contribution >= 0.6 is 0 Å². The number of carbonyl (C=O) groups is 1. The van der Waals surface area contributed by atoms with Crippen molar-refractivity contribution >= 4 is 17.1 Å². The van der Waals surface area contributed by atoms with E-state index in [-0.39, 0.29) is 0 Å². The molecule has 0 radical (unpaired) electrons. The smallest absolute Gasteiger partial charge is 0.335 e. The van der Waals surface area contributed by atoms with Crippen LogP contribution in [0.5, 0.6) is 0 Å². The molecule has 0 amide bonds. The predicted molar refractivity (Wildman–Crippen MR) is 74.7 cm³/mol. The van der Waals surface area contributed by atoms with Crippen molar-refractivity contribution in [1.29, 1.82) is 0 Å². The highest BCUT2D eigenvalue weighted by Crippen LogP contribution is 2.15. The van der Waals surface area contributed by atoms with Gasteiger partial charge >= 0.3 is 5.97 Å². The standard InChI is InChI=1S/C15H13N3O2/c1-18-13(17-12-6-3-7-16-14(12)18)9-10-4-2-5-11(8-10)15(19)20/h2-8H,9H2,1H3,(H,19,20). The molecule has 0 fully saturated rings. The van der Waals surface area contributed by atoms with Crippen molar-refractivity contribution in [2.24, 2.45) is 7.05 Å². The fourth-order valence-corrected chi connectivity index (χ4v) is 2.23. The molecule has 0 unspecified atom stereocenters. The van der Waals surface area contributed by atoms with Crippen molar-refractivity contribution in [3.63, 3.8) is 0 Å². The van der Waals surface area contributed by atoms with E-state index in [1.54, 1.807) is 24.4 Å². The Morgan fingerprint density at radius 2 is 2.15 bits per heavy atom. The number of carboxylic acids is 1. The molecule has 100 valence electrons. The molecule has 5 nitrogen and oxygen atoms in total. The molecule has 0 saturated carbocycles. The van der Waals surface area contributed by atoms with E-state index in [4.69, 9.17) is 5.11 Å². The van der Waals surface area contributed by atoms with Crippen LogP contribution in [0, 0.1) is 0 Å². The Bertz CT molecular complexity index is 793. The highest BCUT2D eigenvalue weighted by Gasteiger charge is 2.10. The number of aromatic carboxylic acids is 1. The van der Waals surface area contributed by atoms with Crippen LogP contribution in [-0.4, -0.2) is 25.6 Å². The molecule has 0 saturated heterocycles. The molecule has 0 atom stereocenters. The minimum Gasteiger partial charge on any atom is -0.478 e. The number of nitrogens with zero attached hydrogens (tertiary/aromatic N) is 3. The van der Waals surface area contributed by atoms with Gasteiger partial charge in [0, 0.05) is 19.7 Å². The van der Waals surface area contributed by atoms with Crippen LogP contribution in [0.4, 0.5) is 0 Å². The molecule has 0 aliphatic heterocycles. The molecule has 1 aromatic carbocycles. The van der Waals surface area contributed by atoms with Gasteiger partial charge in [-0.2, -0.15) is 0 Å². The van der Waals surface area contributed by atoms with Crippen molar-refractivity contribution < 1.29 is 9.90 Å². The van der Waals surface area contributed by atoms with Crippen molar-refractivity contribution in [3.8, 4) is 0 Å². The van der Waals surface area contributed by atoms with Gasteiger partial charge in [0.1, 0.15) is 11.3 Å². The van der Waals surface area contributed by atoms with Gasteiger partial charge in [-0.05, 0) is 29.8 Å². The van der Waals surface area contributed by atoms with E-state index >= 15 is 0 Å². The summed E-state index contributed by atoms with van der Waals surface area (Å²) in [6.07, 6.45) is 2.31. The number of rotatable bonds is 3. The number of hydrogen-bond donors (Lipinski definition) is 1. The Labute approximate surface area is 115 Å². The number of aryl methyl sites for hydroxylation is 1. The Balaban J connectivity index is 1.99. The topological polar surface area (TPSA) is 68.0 Å². The molecule has 20 heavy (non-hydrogen) atoms. The SMILES string of the molecule is Cn1c(Cc2cccc(C(=O)O)c2)nc2cccnc21. The van der Waals surface area contributed by atoms with Crippen LogP contribution in [0.15, 0.2) is 42.6 Å². The first-order chi connectivity index (χ1) is 9.65. The maximum absolute atomic E-state index is 11.0. The summed E-state index contributed by atoms with van der Waals surface area (Å²) < 4.78 is 1.93. The van der Waals surface area contributed by atoms with E-state index in [9.17, 15) is 4.79 Å². The first-order valence-electron chi connectivity index (χ1n) is 6.23. The van der Waals surface area contributed by atoms with E-state index < -0.39 is 5.97 Å². The minimum absolute atomic E-state index is 0.291. The zero-order chi connectivity index (χ0) is 14.1. The quantitative estimate of drug-likeness (QED) is 0.790. The van der Waals surface area contributed by atoms with Crippen LogP contribution in [0.2, 0.25) is 0 Å². The van der Waals surface area contributed by atoms with Gasteiger partial charge < -0.3 is 9.67 Å². The second-order valence-electron chi connectivity index (χ2n) is 4.62. The lowest BCUT2D eigenvalue weighted by Crippen LogP contribution is -2.02. The average Bonchev–Trinajstić information content (AvgIpc) is 2.76. The van der Waals surface area contributed by atoms with Crippen molar-refractivity contribution in [2.45, 2.75) is 6.42 Å². The third kappa shape index (κ3) is 2.14. The number of imidazole rings is 1. The van der Waals surface area contributed by atoms with Gasteiger partial charge in [-0.15, -0.1) is 0 Å². The number of carboxylic acid groups (broad SMARTS) is 1. The molecular formula is C15H13N3O2. The van der Waals surface area contributed by atoms with Gasteiger partial charge in [0.05, 0.1) is 5.56 Å². The number of hydrogen-bond acceptors (Lipinski definition) is 3. The monoisotopic (exact) mass is 267 g/mol. The van der Waals surface area contributed by atoms with Crippen LogP contribution in [0.1, 0.15) is 21.7 Å². The molecule has 3 aromatic rings. The van der Waals surface area contributed by atoms with Gasteiger partial charge in [-0.1, -0.05) is 12.1 Å². The summed E-state index contributed by atoms with van der Waals surface area (Å²) in [7, 11) is 1.92. The van der Waals surface area contributed by atoms with Gasteiger partial charge in [0.2, 0.25) is 0 Å². The lowest BCUT2D eigenvalue weighted by Gasteiger charge is -2.03.